The fourth-order valence-corrected chi connectivity index (χ4v) is 14.1. The van der Waals surface area contributed by atoms with E-state index in [2.05, 4.69) is 13.8 Å². The van der Waals surface area contributed by atoms with Gasteiger partial charge in [0.1, 0.15) is 67.1 Å². The van der Waals surface area contributed by atoms with E-state index in [1.165, 1.54) is 0 Å². The Hall–Kier alpha value is -0.760. The average Bonchev–Trinajstić information content (AvgIpc) is 3.71. The van der Waals surface area contributed by atoms with E-state index in [9.17, 15) is 61.3 Å². The largest absolute Gasteiger partial charge is 0.394 e. The van der Waals surface area contributed by atoms with Crippen molar-refractivity contribution < 1.29 is 94.4 Å². The van der Waals surface area contributed by atoms with Gasteiger partial charge in [-0.05, 0) is 93.3 Å². The lowest BCUT2D eigenvalue weighted by molar-refractivity contribution is -0.370. The van der Waals surface area contributed by atoms with Gasteiger partial charge >= 0.3 is 0 Å². The van der Waals surface area contributed by atoms with E-state index in [-0.39, 0.29) is 60.2 Å². The van der Waals surface area contributed by atoms with E-state index in [1.54, 1.807) is 6.92 Å². The molecule has 0 amide bonds. The molecular weight excluding hydrogens is 844 g/mol. The normalized spacial score (nSPS) is 56.8. The minimum Gasteiger partial charge on any atom is -0.394 e. The van der Waals surface area contributed by atoms with Gasteiger partial charge in [0.2, 0.25) is 0 Å². The Labute approximate surface area is 374 Å². The average molecular weight is 921 g/mol. The molecule has 0 bridgehead atoms. The molecule has 4 heterocycles. The number of fused-ring (bicyclic) bond motifs is 7. The van der Waals surface area contributed by atoms with E-state index < -0.39 is 123 Å². The SMILES string of the molecule is C[C@@H](CC[C@@]1(O)O[C@H]2C[C@H]3[C@@H]4CC[C@@H]5C[C@@H](O)CC[C@]5(C)[C@H]4CC(O[C@@H]4O[C@H](CO)[C@H](O)[C@H](O[C@@H]5O[C@H](CO)[C@@H](O)[C@H](O)[C@H]5O)[C@H]4O)[C@]3(C)[C@H]2[C@@H]1C)CO[C@@H]1O[C@@H](C)[C@@H](O)[C@@H](O)[C@@H]1O. The quantitative estimate of drug-likeness (QED) is 0.0964. The lowest BCUT2D eigenvalue weighted by atomic mass is 9.43. The van der Waals surface area contributed by atoms with Crippen molar-refractivity contribution in [2.45, 2.75) is 209 Å². The van der Waals surface area contributed by atoms with E-state index in [1.807, 2.05) is 13.8 Å². The Morgan fingerprint density at radius 2 is 1.31 bits per heavy atom. The number of hydrogen-bond donors (Lipinski definition) is 12. The Bertz CT molecular complexity index is 1580. The van der Waals surface area contributed by atoms with Crippen molar-refractivity contribution in [3.8, 4) is 0 Å². The van der Waals surface area contributed by atoms with Gasteiger partial charge in [-0.3, -0.25) is 0 Å². The molecule has 19 heteroatoms. The van der Waals surface area contributed by atoms with Crippen molar-refractivity contribution in [3.05, 3.63) is 0 Å². The second-order valence-corrected chi connectivity index (χ2v) is 21.5. The van der Waals surface area contributed by atoms with Crippen LogP contribution in [0.3, 0.4) is 0 Å². The van der Waals surface area contributed by atoms with Gasteiger partial charge in [-0.2, -0.15) is 0 Å². The Kier molecular flexibility index (Phi) is 14.6. The van der Waals surface area contributed by atoms with E-state index in [0.717, 1.165) is 25.7 Å². The second kappa shape index (κ2) is 18.9. The molecule has 8 rings (SSSR count). The first-order valence-electron chi connectivity index (χ1n) is 23.8. The predicted octanol–water partition coefficient (Wildman–Crippen LogP) is -1.78. The first-order chi connectivity index (χ1) is 30.2. The molecule has 12 N–H and O–H groups in total. The Morgan fingerprint density at radius 3 is 2.00 bits per heavy atom. The topological polar surface area (TPSA) is 307 Å². The molecule has 370 valence electrons. The maximum absolute atomic E-state index is 12.4. The van der Waals surface area contributed by atoms with Gasteiger partial charge in [0.15, 0.2) is 24.7 Å². The summed E-state index contributed by atoms with van der Waals surface area (Å²) in [5.41, 5.74) is -0.743. The molecular formula is C45H76O19. The van der Waals surface area contributed by atoms with Gasteiger partial charge in [0.05, 0.1) is 44.2 Å². The summed E-state index contributed by atoms with van der Waals surface area (Å²) in [6.45, 7) is 8.78. The van der Waals surface area contributed by atoms with E-state index >= 15 is 0 Å². The fourth-order valence-electron chi connectivity index (χ4n) is 14.1. The predicted molar refractivity (Wildman–Crippen MR) is 219 cm³/mol. The number of aliphatic hydroxyl groups is 12. The van der Waals surface area contributed by atoms with Crippen LogP contribution in [-0.2, 0) is 33.2 Å². The first kappa shape index (κ1) is 49.7. The Morgan fingerprint density at radius 1 is 0.672 bits per heavy atom. The van der Waals surface area contributed by atoms with Crippen molar-refractivity contribution in [1.82, 2.24) is 0 Å². The molecule has 0 aromatic carbocycles. The standard InChI is InChI=1S/C45H76O19/c1-18(17-58-40-36(54)34(52)31(49)20(3)59-40)8-11-45(57)19(2)30-26(64-45)13-25-23-7-6-21-12-22(48)9-10-43(21,4)24(23)14-29(44(25,30)5)62-42-38(56)39(33(51)28(16-47)61-42)63-41-37(55)35(53)32(50)27(15-46)60-41/h18-42,46-57H,6-17H2,1-5H3/t18-,19-,20-,21+,22-,23+,24-,25-,26-,27+,28+,29?,30-,31+,32+,33-,34+,35-,36-,37+,38+,39-,40+,41-,42-,43-,44+,45+/m0/s1. The Balaban J connectivity index is 1.03. The lowest BCUT2D eigenvalue weighted by Gasteiger charge is -2.63. The summed E-state index contributed by atoms with van der Waals surface area (Å²) in [5, 5.41) is 129. The third-order valence-electron chi connectivity index (χ3n) is 18.0. The summed E-state index contributed by atoms with van der Waals surface area (Å²) in [6.07, 6.45) is -17.0. The highest BCUT2D eigenvalue weighted by Gasteiger charge is 2.72. The fraction of sp³-hybridized carbons (Fsp3) is 1.00. The van der Waals surface area contributed by atoms with Gasteiger partial charge in [-0.15, -0.1) is 0 Å². The highest BCUT2D eigenvalue weighted by atomic mass is 16.7. The summed E-state index contributed by atoms with van der Waals surface area (Å²) in [4.78, 5) is 0. The molecule has 19 nitrogen and oxygen atoms in total. The zero-order valence-corrected chi connectivity index (χ0v) is 37.6. The van der Waals surface area contributed by atoms with Gasteiger partial charge in [0.25, 0.3) is 0 Å². The summed E-state index contributed by atoms with van der Waals surface area (Å²) in [5.74, 6) is -1.37. The van der Waals surface area contributed by atoms with Crippen molar-refractivity contribution in [2.75, 3.05) is 19.8 Å². The zero-order chi connectivity index (χ0) is 46.4. The zero-order valence-electron chi connectivity index (χ0n) is 37.6. The number of rotatable bonds is 12. The van der Waals surface area contributed by atoms with Gasteiger partial charge in [0, 0.05) is 23.7 Å². The summed E-state index contributed by atoms with van der Waals surface area (Å²) in [6, 6.07) is 0. The molecule has 1 unspecified atom stereocenters. The number of aliphatic hydroxyl groups excluding tert-OH is 11. The van der Waals surface area contributed by atoms with Crippen molar-refractivity contribution in [3.63, 3.8) is 0 Å². The minimum atomic E-state index is -1.82. The first-order valence-corrected chi connectivity index (χ1v) is 23.8. The van der Waals surface area contributed by atoms with E-state index in [4.69, 9.17) is 33.2 Å². The highest BCUT2D eigenvalue weighted by Crippen LogP contribution is 2.71. The molecule has 0 radical (unpaired) electrons. The van der Waals surface area contributed by atoms with E-state index in [0.29, 0.717) is 37.5 Å². The number of hydrogen-bond acceptors (Lipinski definition) is 19. The highest BCUT2D eigenvalue weighted by molar-refractivity contribution is 5.18. The van der Waals surface area contributed by atoms with Crippen LogP contribution >= 0.6 is 0 Å². The minimum absolute atomic E-state index is 0.0782. The van der Waals surface area contributed by atoms with Crippen LogP contribution < -0.4 is 0 Å². The van der Waals surface area contributed by atoms with Crippen LogP contribution in [0.4, 0.5) is 0 Å². The summed E-state index contributed by atoms with van der Waals surface area (Å²) >= 11 is 0. The smallest absolute Gasteiger partial charge is 0.187 e. The third kappa shape index (κ3) is 8.44. The van der Waals surface area contributed by atoms with Crippen molar-refractivity contribution in [2.24, 2.45) is 52.3 Å². The number of ether oxygens (including phenoxy) is 7. The third-order valence-corrected chi connectivity index (χ3v) is 18.0. The molecule has 28 atom stereocenters. The molecule has 4 saturated carbocycles. The van der Waals surface area contributed by atoms with Crippen LogP contribution in [0, 0.1) is 52.3 Å². The summed E-state index contributed by atoms with van der Waals surface area (Å²) < 4.78 is 42.9. The van der Waals surface area contributed by atoms with Crippen LogP contribution in [0.1, 0.15) is 92.4 Å². The van der Waals surface area contributed by atoms with Crippen LogP contribution in [0.15, 0.2) is 0 Å². The molecule has 0 aromatic rings. The molecule has 4 aliphatic heterocycles. The molecule has 8 aliphatic rings. The van der Waals surface area contributed by atoms with Crippen molar-refractivity contribution in [1.29, 1.82) is 0 Å². The molecule has 8 fully saturated rings. The van der Waals surface area contributed by atoms with Gasteiger partial charge in [-0.1, -0.05) is 27.7 Å². The van der Waals surface area contributed by atoms with Crippen LogP contribution in [-0.4, -0.2) is 197 Å². The molecule has 0 aromatic heterocycles. The summed E-state index contributed by atoms with van der Waals surface area (Å²) in [7, 11) is 0. The van der Waals surface area contributed by atoms with Crippen LogP contribution in [0.25, 0.3) is 0 Å². The molecule has 4 aliphatic carbocycles. The van der Waals surface area contributed by atoms with Gasteiger partial charge < -0.3 is 94.4 Å². The lowest BCUT2D eigenvalue weighted by Crippen LogP contribution is -2.66. The second-order valence-electron chi connectivity index (χ2n) is 21.5. The molecule has 4 saturated heterocycles. The molecule has 64 heavy (non-hydrogen) atoms. The monoisotopic (exact) mass is 920 g/mol. The maximum Gasteiger partial charge on any atom is 0.187 e. The van der Waals surface area contributed by atoms with Crippen LogP contribution in [0.5, 0.6) is 0 Å². The van der Waals surface area contributed by atoms with Gasteiger partial charge in [-0.25, -0.2) is 0 Å². The molecule has 0 spiro atoms. The van der Waals surface area contributed by atoms with Crippen LogP contribution in [0.2, 0.25) is 0 Å². The van der Waals surface area contributed by atoms with Crippen molar-refractivity contribution >= 4 is 0 Å². The maximum atomic E-state index is 12.4.